The largest absolute Gasteiger partial charge is 0.357 e. The van der Waals surface area contributed by atoms with Gasteiger partial charge in [0.1, 0.15) is 6.54 Å². The number of amides is 1. The van der Waals surface area contributed by atoms with Crippen molar-refractivity contribution in [2.75, 3.05) is 18.0 Å². The molecule has 8 nitrogen and oxygen atoms in total. The van der Waals surface area contributed by atoms with E-state index < -0.39 is 0 Å². The van der Waals surface area contributed by atoms with Crippen molar-refractivity contribution < 1.29 is 9.32 Å². The zero-order chi connectivity index (χ0) is 17.6. The van der Waals surface area contributed by atoms with Gasteiger partial charge in [-0.1, -0.05) is 23.4 Å². The van der Waals surface area contributed by atoms with E-state index in [2.05, 4.69) is 25.8 Å². The molecule has 2 heterocycles. The molecule has 1 aromatic carbocycles. The zero-order valence-corrected chi connectivity index (χ0v) is 14.4. The number of nitrogens with zero attached hydrogens (tertiary/aromatic N) is 4. The molecule has 1 aromatic heterocycles. The maximum absolute atomic E-state index is 12.3. The van der Waals surface area contributed by atoms with Gasteiger partial charge in [0.2, 0.25) is 11.8 Å². The van der Waals surface area contributed by atoms with Crippen LogP contribution in [0.2, 0.25) is 0 Å². The minimum absolute atomic E-state index is 0.00231. The lowest BCUT2D eigenvalue weighted by Crippen LogP contribution is -2.44. The summed E-state index contributed by atoms with van der Waals surface area (Å²) in [4.78, 5) is 22.7. The first-order chi connectivity index (χ1) is 12.2. The molecule has 1 fully saturated rings. The number of guanidine groups is 1. The molecule has 0 radical (unpaired) electrons. The van der Waals surface area contributed by atoms with E-state index in [1.807, 2.05) is 37.3 Å². The van der Waals surface area contributed by atoms with Gasteiger partial charge >= 0.3 is 0 Å². The number of aromatic nitrogens is 2. The lowest BCUT2D eigenvalue weighted by Gasteiger charge is -2.18. The fraction of sp³-hybridized carbons (Fsp3) is 0.412. The molecule has 1 atom stereocenters. The van der Waals surface area contributed by atoms with Gasteiger partial charge < -0.3 is 20.1 Å². The Morgan fingerprint density at radius 1 is 1.40 bits per heavy atom. The van der Waals surface area contributed by atoms with Gasteiger partial charge in [0, 0.05) is 32.1 Å². The summed E-state index contributed by atoms with van der Waals surface area (Å²) in [6.07, 6.45) is 0.431. The Balaban J connectivity index is 1.63. The Morgan fingerprint density at radius 3 is 2.88 bits per heavy atom. The molecule has 1 aliphatic heterocycles. The van der Waals surface area contributed by atoms with Gasteiger partial charge in [-0.3, -0.25) is 4.79 Å². The summed E-state index contributed by atoms with van der Waals surface area (Å²) >= 11 is 0. The topological polar surface area (TPSA) is 95.6 Å². The Hall–Kier alpha value is -2.90. The monoisotopic (exact) mass is 342 g/mol. The maximum atomic E-state index is 12.3. The minimum atomic E-state index is -0.00231. The van der Waals surface area contributed by atoms with Crippen LogP contribution in [0.5, 0.6) is 0 Å². The Morgan fingerprint density at radius 2 is 2.20 bits per heavy atom. The van der Waals surface area contributed by atoms with Crippen LogP contribution in [0.25, 0.3) is 0 Å². The van der Waals surface area contributed by atoms with Crippen LogP contribution in [0.4, 0.5) is 5.69 Å². The lowest BCUT2D eigenvalue weighted by molar-refractivity contribution is -0.117. The van der Waals surface area contributed by atoms with Crippen LogP contribution in [-0.4, -0.2) is 41.1 Å². The molecule has 1 unspecified atom stereocenters. The van der Waals surface area contributed by atoms with E-state index in [1.165, 1.54) is 0 Å². The summed E-state index contributed by atoms with van der Waals surface area (Å²) in [5.74, 6) is 1.79. The van der Waals surface area contributed by atoms with E-state index in [-0.39, 0.29) is 11.9 Å². The van der Waals surface area contributed by atoms with Crippen molar-refractivity contribution >= 4 is 17.6 Å². The number of benzene rings is 1. The third-order valence-corrected chi connectivity index (χ3v) is 3.83. The van der Waals surface area contributed by atoms with E-state index in [4.69, 9.17) is 4.52 Å². The third kappa shape index (κ3) is 4.34. The zero-order valence-electron chi connectivity index (χ0n) is 14.4. The van der Waals surface area contributed by atoms with Crippen molar-refractivity contribution in [2.24, 2.45) is 4.99 Å². The van der Waals surface area contributed by atoms with Gasteiger partial charge in [-0.25, -0.2) is 4.99 Å². The number of anilines is 1. The fourth-order valence-electron chi connectivity index (χ4n) is 2.73. The summed E-state index contributed by atoms with van der Waals surface area (Å²) in [5.41, 5.74) is 0.918. The number of para-hydroxylation sites is 1. The van der Waals surface area contributed by atoms with E-state index in [9.17, 15) is 4.79 Å². The highest BCUT2D eigenvalue weighted by Gasteiger charge is 2.31. The number of hydrogen-bond acceptors (Lipinski definition) is 5. The minimum Gasteiger partial charge on any atom is -0.357 e. The highest BCUT2D eigenvalue weighted by molar-refractivity contribution is 5.97. The number of aliphatic imine (C=N–C) groups is 1. The predicted octanol–water partition coefficient (Wildman–Crippen LogP) is 1.24. The number of nitrogens with one attached hydrogen (secondary N) is 2. The number of carbonyl (C=O) groups is 1. The first-order valence-corrected chi connectivity index (χ1v) is 8.35. The highest BCUT2D eigenvalue weighted by atomic mass is 16.5. The van der Waals surface area contributed by atoms with Crippen molar-refractivity contribution in [1.82, 2.24) is 20.8 Å². The molecule has 2 N–H and O–H groups in total. The molecule has 3 rings (SSSR count). The van der Waals surface area contributed by atoms with Crippen LogP contribution in [0.3, 0.4) is 0 Å². The molecule has 132 valence electrons. The number of carbonyl (C=O) groups excluding carboxylic acids is 1. The number of hydrogen-bond donors (Lipinski definition) is 2. The lowest BCUT2D eigenvalue weighted by atomic mass is 10.2. The van der Waals surface area contributed by atoms with Crippen molar-refractivity contribution in [3.05, 3.63) is 42.0 Å². The second kappa shape index (κ2) is 7.78. The molecule has 1 amide bonds. The van der Waals surface area contributed by atoms with Crippen molar-refractivity contribution in [2.45, 2.75) is 32.9 Å². The van der Waals surface area contributed by atoms with Crippen LogP contribution in [0.1, 0.15) is 25.1 Å². The first kappa shape index (κ1) is 16.9. The maximum Gasteiger partial charge on any atom is 0.229 e. The van der Waals surface area contributed by atoms with E-state index >= 15 is 0 Å². The van der Waals surface area contributed by atoms with Gasteiger partial charge in [0.15, 0.2) is 11.8 Å². The number of aryl methyl sites for hydroxylation is 1. The average molecular weight is 342 g/mol. The van der Waals surface area contributed by atoms with Crippen LogP contribution in [-0.2, 0) is 11.3 Å². The van der Waals surface area contributed by atoms with Gasteiger partial charge in [-0.15, -0.1) is 0 Å². The number of rotatable bonds is 5. The molecular weight excluding hydrogens is 320 g/mol. The molecule has 0 aliphatic carbocycles. The molecule has 0 saturated carbocycles. The Kier molecular flexibility index (Phi) is 5.27. The Bertz CT molecular complexity index is 743. The van der Waals surface area contributed by atoms with Crippen LogP contribution < -0.4 is 15.5 Å². The summed E-state index contributed by atoms with van der Waals surface area (Å²) < 4.78 is 4.94. The smallest absolute Gasteiger partial charge is 0.229 e. The fourth-order valence-corrected chi connectivity index (χ4v) is 2.73. The van der Waals surface area contributed by atoms with Crippen molar-refractivity contribution in [1.29, 1.82) is 0 Å². The molecule has 1 aliphatic rings. The molecule has 8 heteroatoms. The van der Waals surface area contributed by atoms with Gasteiger partial charge in [0.25, 0.3) is 0 Å². The first-order valence-electron chi connectivity index (χ1n) is 8.35. The van der Waals surface area contributed by atoms with Gasteiger partial charge in [0.05, 0.1) is 6.04 Å². The second-order valence-electron chi connectivity index (χ2n) is 5.81. The summed E-state index contributed by atoms with van der Waals surface area (Å²) in [6, 6.07) is 9.69. The SMILES string of the molecule is CCNC(=NCc1noc(C)n1)NC1CC(=O)N(c2ccccc2)C1. The average Bonchev–Trinajstić information content (AvgIpc) is 3.19. The van der Waals surface area contributed by atoms with Crippen LogP contribution in [0, 0.1) is 6.92 Å². The van der Waals surface area contributed by atoms with Gasteiger partial charge in [-0.05, 0) is 19.1 Å². The normalized spacial score (nSPS) is 17.8. The molecule has 2 aromatic rings. The van der Waals surface area contributed by atoms with Crippen LogP contribution in [0.15, 0.2) is 39.8 Å². The van der Waals surface area contributed by atoms with Crippen LogP contribution >= 0.6 is 0 Å². The molecular formula is C17H22N6O2. The predicted molar refractivity (Wildman–Crippen MR) is 94.2 cm³/mol. The van der Waals surface area contributed by atoms with Crippen molar-refractivity contribution in [3.8, 4) is 0 Å². The highest BCUT2D eigenvalue weighted by Crippen LogP contribution is 2.20. The third-order valence-electron chi connectivity index (χ3n) is 3.83. The van der Waals surface area contributed by atoms with E-state index in [1.54, 1.807) is 11.8 Å². The van der Waals surface area contributed by atoms with Gasteiger partial charge in [-0.2, -0.15) is 4.98 Å². The van der Waals surface area contributed by atoms with E-state index in [0.29, 0.717) is 37.2 Å². The molecule has 1 saturated heterocycles. The summed E-state index contributed by atoms with van der Waals surface area (Å²) in [5, 5.41) is 10.3. The van der Waals surface area contributed by atoms with Crippen molar-refractivity contribution in [3.63, 3.8) is 0 Å². The quantitative estimate of drug-likeness (QED) is 0.627. The second-order valence-corrected chi connectivity index (χ2v) is 5.81. The summed E-state index contributed by atoms with van der Waals surface area (Å²) in [6.45, 7) is 5.38. The Labute approximate surface area is 146 Å². The van der Waals surface area contributed by atoms with E-state index in [0.717, 1.165) is 12.2 Å². The molecule has 25 heavy (non-hydrogen) atoms. The standard InChI is InChI=1S/C17H22N6O2/c1-3-18-17(19-10-15-20-12(2)25-22-15)21-13-9-16(24)23(11-13)14-7-5-4-6-8-14/h4-8,13H,3,9-11H2,1-2H3,(H2,18,19,21). The molecule has 0 spiro atoms. The summed E-state index contributed by atoms with van der Waals surface area (Å²) in [7, 11) is 0. The molecule has 0 bridgehead atoms.